The quantitative estimate of drug-likeness (QED) is 0.784. The van der Waals surface area contributed by atoms with Crippen LogP contribution in [0.4, 0.5) is 5.69 Å². The third-order valence-electron chi connectivity index (χ3n) is 3.67. The zero-order chi connectivity index (χ0) is 17.2. The van der Waals surface area contributed by atoms with Crippen molar-refractivity contribution in [2.45, 2.75) is 19.3 Å². The van der Waals surface area contributed by atoms with E-state index >= 15 is 0 Å². The van der Waals surface area contributed by atoms with Gasteiger partial charge in [-0.1, -0.05) is 12.1 Å². The number of nitriles is 1. The number of nitrogens with one attached hydrogen (secondary N) is 1. The van der Waals surface area contributed by atoms with Crippen LogP contribution in [0, 0.1) is 11.3 Å². The van der Waals surface area contributed by atoms with Gasteiger partial charge >= 0.3 is 0 Å². The van der Waals surface area contributed by atoms with E-state index < -0.39 is 11.3 Å². The largest absolute Gasteiger partial charge is 0.461 e. The molecule has 6 heteroatoms. The van der Waals surface area contributed by atoms with Crippen LogP contribution in [0.2, 0.25) is 0 Å². The molecule has 0 unspecified atom stereocenters. The van der Waals surface area contributed by atoms with Crippen LogP contribution in [0.1, 0.15) is 29.9 Å². The predicted molar refractivity (Wildman–Crippen MR) is 87.2 cm³/mol. The molecule has 0 saturated carbocycles. The molecule has 0 spiro atoms. The van der Waals surface area contributed by atoms with Crippen LogP contribution < -0.4 is 5.32 Å². The van der Waals surface area contributed by atoms with Crippen LogP contribution in [0.3, 0.4) is 0 Å². The molecule has 2 aromatic heterocycles. The monoisotopic (exact) mass is 321 g/mol. The third-order valence-corrected chi connectivity index (χ3v) is 3.67. The van der Waals surface area contributed by atoms with E-state index in [1.54, 1.807) is 24.3 Å². The molecule has 0 radical (unpaired) electrons. The van der Waals surface area contributed by atoms with Crippen LogP contribution in [0.15, 0.2) is 57.9 Å². The molecule has 120 valence electrons. The Labute approximate surface area is 138 Å². The Morgan fingerprint density at radius 2 is 1.96 bits per heavy atom. The van der Waals surface area contributed by atoms with Crippen molar-refractivity contribution >= 4 is 11.6 Å². The van der Waals surface area contributed by atoms with E-state index in [0.717, 1.165) is 5.56 Å². The number of hydrogen-bond donors (Lipinski definition) is 1. The molecule has 3 rings (SSSR count). The maximum absolute atomic E-state index is 12.4. The third kappa shape index (κ3) is 2.92. The molecular weight excluding hydrogens is 306 g/mol. The average molecular weight is 321 g/mol. The molecule has 1 aromatic carbocycles. The summed E-state index contributed by atoms with van der Waals surface area (Å²) < 4.78 is 10.5. The number of anilines is 1. The summed E-state index contributed by atoms with van der Waals surface area (Å²) in [6, 6.07) is 12.8. The smallest absolute Gasteiger partial charge is 0.278 e. The van der Waals surface area contributed by atoms with Crippen LogP contribution >= 0.6 is 0 Å². The van der Waals surface area contributed by atoms with Crippen LogP contribution in [-0.2, 0) is 5.41 Å². The standard InChI is InChI=1S/C18H15N3O3/c1-18(2,10-19)12-5-7-13(8-6-12)21-17(22)15-16(24-11-20-15)14-4-3-9-23-14/h3-9,11H,1-2H3,(H,21,22). The van der Waals surface area contributed by atoms with E-state index in [0.29, 0.717) is 11.4 Å². The fraction of sp³-hybridized carbons (Fsp3) is 0.167. The summed E-state index contributed by atoms with van der Waals surface area (Å²) in [5.41, 5.74) is 1.04. The molecular formula is C18H15N3O3. The lowest BCUT2D eigenvalue weighted by Crippen LogP contribution is -2.15. The first-order valence-corrected chi connectivity index (χ1v) is 7.32. The van der Waals surface area contributed by atoms with Crippen molar-refractivity contribution in [3.05, 3.63) is 60.3 Å². The van der Waals surface area contributed by atoms with E-state index in [1.807, 2.05) is 26.0 Å². The number of carbonyl (C=O) groups excluding carboxylic acids is 1. The summed E-state index contributed by atoms with van der Waals surface area (Å²) in [6.45, 7) is 3.68. The normalized spacial score (nSPS) is 11.0. The molecule has 0 bridgehead atoms. The van der Waals surface area contributed by atoms with Gasteiger partial charge in [-0.25, -0.2) is 4.98 Å². The second-order valence-electron chi connectivity index (χ2n) is 5.78. The van der Waals surface area contributed by atoms with Gasteiger partial charge in [0.25, 0.3) is 5.91 Å². The van der Waals surface area contributed by atoms with Gasteiger partial charge in [0, 0.05) is 5.69 Å². The first-order valence-electron chi connectivity index (χ1n) is 7.32. The Kier molecular flexibility index (Phi) is 3.92. The second kappa shape index (κ2) is 6.05. The number of carbonyl (C=O) groups is 1. The number of nitrogens with zero attached hydrogens (tertiary/aromatic N) is 2. The summed E-state index contributed by atoms with van der Waals surface area (Å²) in [5.74, 6) is 0.311. The topological polar surface area (TPSA) is 92.1 Å². The Morgan fingerprint density at radius 3 is 2.58 bits per heavy atom. The van der Waals surface area contributed by atoms with Crippen molar-refractivity contribution in [1.82, 2.24) is 4.98 Å². The predicted octanol–water partition coefficient (Wildman–Crippen LogP) is 3.99. The number of amides is 1. The highest BCUT2D eigenvalue weighted by Crippen LogP contribution is 2.26. The molecule has 1 amide bonds. The number of oxazole rings is 1. The fourth-order valence-electron chi connectivity index (χ4n) is 2.22. The number of aromatic nitrogens is 1. The molecule has 0 fully saturated rings. The Balaban J connectivity index is 1.79. The minimum atomic E-state index is -0.582. The van der Waals surface area contributed by atoms with E-state index in [1.165, 1.54) is 12.7 Å². The zero-order valence-corrected chi connectivity index (χ0v) is 13.2. The van der Waals surface area contributed by atoms with Gasteiger partial charge in [-0.05, 0) is 43.7 Å². The van der Waals surface area contributed by atoms with Gasteiger partial charge in [-0.3, -0.25) is 4.79 Å². The van der Waals surface area contributed by atoms with Gasteiger partial charge in [-0.15, -0.1) is 0 Å². The summed E-state index contributed by atoms with van der Waals surface area (Å²) in [7, 11) is 0. The number of rotatable bonds is 4. The highest BCUT2D eigenvalue weighted by Gasteiger charge is 2.21. The Hall–Kier alpha value is -3.33. The van der Waals surface area contributed by atoms with Crippen LogP contribution in [0.25, 0.3) is 11.5 Å². The highest BCUT2D eigenvalue weighted by molar-refractivity contribution is 6.06. The molecule has 3 aromatic rings. The molecule has 0 aliphatic carbocycles. The summed E-state index contributed by atoms with van der Waals surface area (Å²) in [4.78, 5) is 16.4. The van der Waals surface area contributed by atoms with E-state index in [2.05, 4.69) is 16.4 Å². The maximum Gasteiger partial charge on any atom is 0.278 e. The van der Waals surface area contributed by atoms with Crippen molar-refractivity contribution in [1.29, 1.82) is 5.26 Å². The van der Waals surface area contributed by atoms with Crippen LogP contribution in [-0.4, -0.2) is 10.9 Å². The van der Waals surface area contributed by atoms with Crippen molar-refractivity contribution in [3.63, 3.8) is 0 Å². The minimum Gasteiger partial charge on any atom is -0.461 e. The molecule has 0 saturated heterocycles. The number of benzene rings is 1. The van der Waals surface area contributed by atoms with E-state index in [9.17, 15) is 4.79 Å². The Bertz CT molecular complexity index is 884. The molecule has 0 atom stereocenters. The number of hydrogen-bond acceptors (Lipinski definition) is 5. The average Bonchev–Trinajstić information content (AvgIpc) is 3.26. The SMILES string of the molecule is CC(C)(C#N)c1ccc(NC(=O)c2ncoc2-c2ccco2)cc1. The maximum atomic E-state index is 12.4. The van der Waals surface area contributed by atoms with Gasteiger partial charge in [0.15, 0.2) is 17.8 Å². The first-order chi connectivity index (χ1) is 11.5. The van der Waals surface area contributed by atoms with Crippen molar-refractivity contribution in [3.8, 4) is 17.6 Å². The molecule has 24 heavy (non-hydrogen) atoms. The van der Waals surface area contributed by atoms with Crippen molar-refractivity contribution in [2.75, 3.05) is 5.32 Å². The lowest BCUT2D eigenvalue weighted by Gasteiger charge is -2.16. The minimum absolute atomic E-state index is 0.145. The molecule has 2 heterocycles. The second-order valence-corrected chi connectivity index (χ2v) is 5.78. The lowest BCUT2D eigenvalue weighted by atomic mass is 9.86. The summed E-state index contributed by atoms with van der Waals surface area (Å²) in [6.07, 6.45) is 2.69. The van der Waals surface area contributed by atoms with Gasteiger partial charge in [0.1, 0.15) is 0 Å². The summed E-state index contributed by atoms with van der Waals surface area (Å²) in [5, 5.41) is 11.9. The van der Waals surface area contributed by atoms with E-state index in [4.69, 9.17) is 14.1 Å². The van der Waals surface area contributed by atoms with E-state index in [-0.39, 0.29) is 11.5 Å². The molecule has 1 N–H and O–H groups in total. The first kappa shape index (κ1) is 15.6. The Morgan fingerprint density at radius 1 is 1.21 bits per heavy atom. The number of furan rings is 1. The van der Waals surface area contributed by atoms with Gasteiger partial charge in [0.05, 0.1) is 17.7 Å². The summed E-state index contributed by atoms with van der Waals surface area (Å²) >= 11 is 0. The zero-order valence-electron chi connectivity index (χ0n) is 13.2. The molecule has 0 aliphatic rings. The van der Waals surface area contributed by atoms with Gasteiger partial charge in [0.2, 0.25) is 5.76 Å². The van der Waals surface area contributed by atoms with Crippen molar-refractivity contribution in [2.24, 2.45) is 0 Å². The van der Waals surface area contributed by atoms with Gasteiger partial charge < -0.3 is 14.2 Å². The van der Waals surface area contributed by atoms with Gasteiger partial charge in [-0.2, -0.15) is 5.26 Å². The van der Waals surface area contributed by atoms with Crippen LogP contribution in [0.5, 0.6) is 0 Å². The molecule has 0 aliphatic heterocycles. The highest BCUT2D eigenvalue weighted by atomic mass is 16.4. The van der Waals surface area contributed by atoms with Crippen molar-refractivity contribution < 1.29 is 13.6 Å². The lowest BCUT2D eigenvalue weighted by molar-refractivity contribution is 0.102. The fourth-order valence-corrected chi connectivity index (χ4v) is 2.22. The molecule has 6 nitrogen and oxygen atoms in total.